The third-order valence-corrected chi connectivity index (χ3v) is 6.69. The zero-order valence-corrected chi connectivity index (χ0v) is 22.4. The Balaban J connectivity index is 0.00000363. The SMILES string of the molecule is CN=C(NCCC(C)c1ccc(OC)cc1)N1CCN(C(C)C(=O)N2CCCC2)CC1.I. The predicted molar refractivity (Wildman–Crippen MR) is 141 cm³/mol. The fraction of sp³-hybridized carbons (Fsp3) is 0.667. The van der Waals surface area contributed by atoms with Gasteiger partial charge in [-0.3, -0.25) is 14.7 Å². The Hall–Kier alpha value is -1.55. The van der Waals surface area contributed by atoms with Gasteiger partial charge in [0, 0.05) is 52.9 Å². The maximum absolute atomic E-state index is 12.7. The van der Waals surface area contributed by atoms with Gasteiger partial charge in [-0.25, -0.2) is 0 Å². The van der Waals surface area contributed by atoms with E-state index in [0.29, 0.717) is 11.8 Å². The third-order valence-electron chi connectivity index (χ3n) is 6.69. The lowest BCUT2D eigenvalue weighted by Gasteiger charge is -2.39. The van der Waals surface area contributed by atoms with Crippen LogP contribution in [0.2, 0.25) is 0 Å². The van der Waals surface area contributed by atoms with Crippen molar-refractivity contribution >= 4 is 35.8 Å². The Kier molecular flexibility index (Phi) is 11.0. The van der Waals surface area contributed by atoms with Gasteiger partial charge in [0.25, 0.3) is 0 Å². The van der Waals surface area contributed by atoms with Crippen LogP contribution >= 0.6 is 24.0 Å². The molecule has 2 aliphatic rings. The molecule has 3 rings (SSSR count). The van der Waals surface area contributed by atoms with Crippen molar-refractivity contribution in [2.45, 2.75) is 45.1 Å². The summed E-state index contributed by atoms with van der Waals surface area (Å²) in [5.74, 6) is 2.61. The lowest BCUT2D eigenvalue weighted by Crippen LogP contribution is -2.57. The summed E-state index contributed by atoms with van der Waals surface area (Å²) in [6, 6.07) is 8.30. The highest BCUT2D eigenvalue weighted by Gasteiger charge is 2.30. The lowest BCUT2D eigenvalue weighted by molar-refractivity contribution is -0.135. The number of rotatable bonds is 7. The van der Waals surface area contributed by atoms with E-state index < -0.39 is 0 Å². The second kappa shape index (κ2) is 13.2. The minimum atomic E-state index is -0.0272. The number of hydrogen-bond acceptors (Lipinski definition) is 4. The van der Waals surface area contributed by atoms with Gasteiger partial charge in [-0.15, -0.1) is 24.0 Å². The van der Waals surface area contributed by atoms with Crippen LogP contribution in [0.1, 0.15) is 44.6 Å². The van der Waals surface area contributed by atoms with E-state index in [1.165, 1.54) is 5.56 Å². The number of ether oxygens (including phenoxy) is 1. The first-order valence-corrected chi connectivity index (χ1v) is 11.7. The van der Waals surface area contributed by atoms with E-state index in [0.717, 1.165) is 76.8 Å². The molecule has 2 heterocycles. The maximum atomic E-state index is 12.7. The highest BCUT2D eigenvalue weighted by Crippen LogP contribution is 2.21. The summed E-state index contributed by atoms with van der Waals surface area (Å²) in [6.45, 7) is 10.6. The van der Waals surface area contributed by atoms with Crippen molar-refractivity contribution in [1.29, 1.82) is 0 Å². The zero-order valence-electron chi connectivity index (χ0n) is 20.0. The standard InChI is InChI=1S/C24H39N5O2.HI/c1-19(21-7-9-22(31-4)10-8-21)11-12-26-24(25-3)29-17-15-27(16-18-29)20(2)23(30)28-13-5-6-14-28;/h7-10,19-20H,5-6,11-18H2,1-4H3,(H,25,26);1H. The van der Waals surface area contributed by atoms with Gasteiger partial charge in [0.05, 0.1) is 13.2 Å². The van der Waals surface area contributed by atoms with Gasteiger partial charge in [0.1, 0.15) is 5.75 Å². The summed E-state index contributed by atoms with van der Waals surface area (Å²) < 4.78 is 5.25. The number of piperazine rings is 1. The number of carbonyl (C=O) groups is 1. The molecule has 0 aromatic heterocycles. The Labute approximate surface area is 210 Å². The molecule has 2 atom stereocenters. The van der Waals surface area contributed by atoms with Gasteiger partial charge in [-0.1, -0.05) is 19.1 Å². The van der Waals surface area contributed by atoms with E-state index in [1.807, 2.05) is 24.1 Å². The average molecular weight is 558 g/mol. The first kappa shape index (κ1) is 26.7. The van der Waals surface area contributed by atoms with Crippen molar-refractivity contribution in [2.24, 2.45) is 4.99 Å². The van der Waals surface area contributed by atoms with Crippen molar-refractivity contribution in [3.05, 3.63) is 29.8 Å². The molecular weight excluding hydrogens is 517 g/mol. The number of nitrogens with one attached hydrogen (secondary N) is 1. The molecule has 2 aliphatic heterocycles. The molecule has 0 bridgehead atoms. The Morgan fingerprint density at radius 2 is 1.66 bits per heavy atom. The van der Waals surface area contributed by atoms with Crippen molar-refractivity contribution < 1.29 is 9.53 Å². The highest BCUT2D eigenvalue weighted by atomic mass is 127. The van der Waals surface area contributed by atoms with Gasteiger partial charge in [-0.2, -0.15) is 0 Å². The van der Waals surface area contributed by atoms with E-state index in [2.05, 4.69) is 46.1 Å². The fourth-order valence-electron chi connectivity index (χ4n) is 4.51. The van der Waals surface area contributed by atoms with Crippen LogP contribution in [-0.4, -0.2) is 92.6 Å². The van der Waals surface area contributed by atoms with Crippen molar-refractivity contribution in [2.75, 3.05) is 60.0 Å². The van der Waals surface area contributed by atoms with Crippen LogP contribution in [0.3, 0.4) is 0 Å². The summed E-state index contributed by atoms with van der Waals surface area (Å²) in [5, 5.41) is 3.53. The van der Waals surface area contributed by atoms with Crippen LogP contribution in [0.5, 0.6) is 5.75 Å². The third kappa shape index (κ3) is 6.97. The smallest absolute Gasteiger partial charge is 0.239 e. The summed E-state index contributed by atoms with van der Waals surface area (Å²) in [6.07, 6.45) is 3.32. The molecule has 7 nitrogen and oxygen atoms in total. The number of halogens is 1. The number of amides is 1. The van der Waals surface area contributed by atoms with E-state index in [4.69, 9.17) is 4.74 Å². The van der Waals surface area contributed by atoms with E-state index in [-0.39, 0.29) is 30.0 Å². The lowest BCUT2D eigenvalue weighted by atomic mass is 9.98. The normalized spacial score (nSPS) is 19.3. The molecule has 2 unspecified atom stereocenters. The molecule has 1 amide bonds. The van der Waals surface area contributed by atoms with Crippen LogP contribution < -0.4 is 10.1 Å². The highest BCUT2D eigenvalue weighted by molar-refractivity contribution is 14.0. The predicted octanol–water partition coefficient (Wildman–Crippen LogP) is 3.01. The van der Waals surface area contributed by atoms with Crippen molar-refractivity contribution in [3.63, 3.8) is 0 Å². The number of nitrogens with zero attached hydrogens (tertiary/aromatic N) is 4. The molecule has 2 fully saturated rings. The number of hydrogen-bond donors (Lipinski definition) is 1. The fourth-order valence-corrected chi connectivity index (χ4v) is 4.51. The molecule has 2 saturated heterocycles. The molecule has 0 radical (unpaired) electrons. The van der Waals surface area contributed by atoms with Gasteiger partial charge >= 0.3 is 0 Å². The monoisotopic (exact) mass is 557 g/mol. The quantitative estimate of drug-likeness (QED) is 0.318. The van der Waals surface area contributed by atoms with Crippen molar-refractivity contribution in [1.82, 2.24) is 20.0 Å². The molecule has 1 N–H and O–H groups in total. The minimum absolute atomic E-state index is 0. The second-order valence-electron chi connectivity index (χ2n) is 8.67. The van der Waals surface area contributed by atoms with E-state index in [1.54, 1.807) is 7.11 Å². The molecule has 8 heteroatoms. The molecule has 1 aromatic carbocycles. The van der Waals surface area contributed by atoms with Gasteiger partial charge in [0.15, 0.2) is 5.96 Å². The number of carbonyl (C=O) groups excluding carboxylic acids is 1. The summed E-state index contributed by atoms with van der Waals surface area (Å²) in [4.78, 5) is 23.8. The van der Waals surface area contributed by atoms with Gasteiger partial charge in [0.2, 0.25) is 5.91 Å². The summed E-state index contributed by atoms with van der Waals surface area (Å²) >= 11 is 0. The Morgan fingerprint density at radius 3 is 2.22 bits per heavy atom. The van der Waals surface area contributed by atoms with Crippen LogP contribution in [0.15, 0.2) is 29.3 Å². The Bertz CT molecular complexity index is 728. The molecule has 1 aromatic rings. The Morgan fingerprint density at radius 1 is 1.03 bits per heavy atom. The molecular formula is C24H40IN5O2. The molecule has 180 valence electrons. The number of benzene rings is 1. The van der Waals surface area contributed by atoms with E-state index >= 15 is 0 Å². The number of likely N-dealkylation sites (tertiary alicyclic amines) is 1. The maximum Gasteiger partial charge on any atom is 0.239 e. The van der Waals surface area contributed by atoms with Crippen LogP contribution in [0.4, 0.5) is 0 Å². The molecule has 0 saturated carbocycles. The number of methoxy groups -OCH3 is 1. The number of guanidine groups is 1. The van der Waals surface area contributed by atoms with Crippen molar-refractivity contribution in [3.8, 4) is 5.75 Å². The second-order valence-corrected chi connectivity index (χ2v) is 8.67. The van der Waals surface area contributed by atoms with Gasteiger partial charge < -0.3 is 19.9 Å². The first-order chi connectivity index (χ1) is 15.0. The largest absolute Gasteiger partial charge is 0.497 e. The van der Waals surface area contributed by atoms with Gasteiger partial charge in [-0.05, 0) is 49.8 Å². The van der Waals surface area contributed by atoms with Crippen LogP contribution in [0.25, 0.3) is 0 Å². The average Bonchev–Trinajstić information content (AvgIpc) is 3.36. The first-order valence-electron chi connectivity index (χ1n) is 11.7. The molecule has 32 heavy (non-hydrogen) atoms. The topological polar surface area (TPSA) is 60.4 Å². The van der Waals surface area contributed by atoms with Crippen LogP contribution in [0, 0.1) is 0 Å². The zero-order chi connectivity index (χ0) is 22.2. The molecule has 0 aliphatic carbocycles. The number of aliphatic imine (C=N–C) groups is 1. The van der Waals surface area contributed by atoms with E-state index in [9.17, 15) is 4.79 Å². The summed E-state index contributed by atoms with van der Waals surface area (Å²) in [5.41, 5.74) is 1.32. The minimum Gasteiger partial charge on any atom is -0.497 e. The van der Waals surface area contributed by atoms with Crippen LogP contribution in [-0.2, 0) is 4.79 Å². The summed E-state index contributed by atoms with van der Waals surface area (Å²) in [7, 11) is 3.54. The molecule has 0 spiro atoms.